The molecule has 2 amide bonds. The van der Waals surface area contributed by atoms with Crippen molar-refractivity contribution in [3.63, 3.8) is 0 Å². The van der Waals surface area contributed by atoms with Gasteiger partial charge in [0.15, 0.2) is 0 Å². The molecule has 5 nitrogen and oxygen atoms in total. The van der Waals surface area contributed by atoms with E-state index in [1.54, 1.807) is 11.3 Å². The number of benzene rings is 1. The van der Waals surface area contributed by atoms with E-state index in [0.717, 1.165) is 11.3 Å². The molecule has 1 saturated heterocycles. The van der Waals surface area contributed by atoms with Crippen LogP contribution in [0.2, 0.25) is 0 Å². The molecule has 3 rings (SSSR count). The molecule has 0 radical (unpaired) electrons. The average molecular weight is 344 g/mol. The molecule has 1 N–H and O–H groups in total. The summed E-state index contributed by atoms with van der Waals surface area (Å²) in [4.78, 5) is 28.1. The lowest BCUT2D eigenvalue weighted by Crippen LogP contribution is -2.45. The van der Waals surface area contributed by atoms with Crippen LogP contribution in [-0.4, -0.2) is 36.1 Å². The summed E-state index contributed by atoms with van der Waals surface area (Å²) in [5, 5.41) is 2.91. The Morgan fingerprint density at radius 2 is 2.08 bits per heavy atom. The van der Waals surface area contributed by atoms with Crippen LogP contribution in [0.4, 0.5) is 4.79 Å². The first-order valence-electron chi connectivity index (χ1n) is 7.94. The molecule has 1 fully saturated rings. The number of nitrogens with zero attached hydrogens (tertiary/aromatic N) is 1. The summed E-state index contributed by atoms with van der Waals surface area (Å²) in [5.41, 5.74) is 1.17. The largest absolute Gasteiger partial charge is 0.447 e. The summed E-state index contributed by atoms with van der Waals surface area (Å²) in [5.74, 6) is -0.162. The van der Waals surface area contributed by atoms with E-state index in [1.807, 2.05) is 49.4 Å². The first-order valence-corrected chi connectivity index (χ1v) is 8.75. The predicted octanol–water partition coefficient (Wildman–Crippen LogP) is 2.74. The lowest BCUT2D eigenvalue weighted by molar-refractivity contribution is -0.124. The molecular formula is C18H20N2O3S. The fourth-order valence-electron chi connectivity index (χ4n) is 2.67. The van der Waals surface area contributed by atoms with Gasteiger partial charge < -0.3 is 10.1 Å². The zero-order valence-electron chi connectivity index (χ0n) is 13.5. The zero-order chi connectivity index (χ0) is 16.9. The van der Waals surface area contributed by atoms with Gasteiger partial charge in [0.25, 0.3) is 0 Å². The maximum absolute atomic E-state index is 12.4. The highest BCUT2D eigenvalue weighted by molar-refractivity contribution is 7.11. The molecule has 0 unspecified atom stereocenters. The van der Waals surface area contributed by atoms with Gasteiger partial charge in [0, 0.05) is 16.3 Å². The fourth-order valence-corrected chi connectivity index (χ4v) is 3.56. The summed E-state index contributed by atoms with van der Waals surface area (Å²) in [6.45, 7) is 3.08. The van der Waals surface area contributed by atoms with Crippen molar-refractivity contribution in [1.82, 2.24) is 10.2 Å². The lowest BCUT2D eigenvalue weighted by Gasteiger charge is -2.20. The molecule has 0 aliphatic carbocycles. The van der Waals surface area contributed by atoms with E-state index < -0.39 is 12.1 Å². The second kappa shape index (κ2) is 7.49. The molecule has 2 aromatic rings. The smallest absolute Gasteiger partial charge is 0.410 e. The average Bonchev–Trinajstić information content (AvgIpc) is 3.15. The van der Waals surface area contributed by atoms with Crippen molar-refractivity contribution in [2.75, 3.05) is 13.2 Å². The summed E-state index contributed by atoms with van der Waals surface area (Å²) >= 11 is 1.62. The van der Waals surface area contributed by atoms with E-state index in [-0.39, 0.29) is 12.5 Å². The number of carbonyl (C=O) groups is 2. The Morgan fingerprint density at radius 1 is 1.29 bits per heavy atom. The quantitative estimate of drug-likeness (QED) is 0.876. The number of hydrogen-bond donors (Lipinski definition) is 1. The van der Waals surface area contributed by atoms with Gasteiger partial charge in [-0.05, 0) is 31.0 Å². The molecule has 1 aromatic heterocycles. The minimum absolute atomic E-state index is 0.111. The van der Waals surface area contributed by atoms with Crippen molar-refractivity contribution >= 4 is 23.3 Å². The zero-order valence-corrected chi connectivity index (χ0v) is 14.3. The van der Waals surface area contributed by atoms with Crippen LogP contribution in [0.15, 0.2) is 42.5 Å². The Balaban J connectivity index is 1.55. The van der Waals surface area contributed by atoms with Crippen molar-refractivity contribution < 1.29 is 14.3 Å². The second-order valence-electron chi connectivity index (χ2n) is 5.76. The van der Waals surface area contributed by atoms with E-state index >= 15 is 0 Å². The Labute approximate surface area is 145 Å². The number of rotatable bonds is 6. The molecular weight excluding hydrogens is 324 g/mol. The third kappa shape index (κ3) is 3.94. The monoisotopic (exact) mass is 344 g/mol. The Kier molecular flexibility index (Phi) is 5.15. The highest BCUT2D eigenvalue weighted by Gasteiger charge is 2.38. The van der Waals surface area contributed by atoms with E-state index in [2.05, 4.69) is 5.32 Å². The minimum Gasteiger partial charge on any atom is -0.447 e. The van der Waals surface area contributed by atoms with Crippen LogP contribution in [-0.2, 0) is 22.5 Å². The molecule has 2 heterocycles. The number of hydrogen-bond acceptors (Lipinski definition) is 4. The Hall–Kier alpha value is -2.34. The summed E-state index contributed by atoms with van der Waals surface area (Å²) < 4.78 is 5.07. The SMILES string of the molecule is Cc1ccc(CN2C(=O)OC[C@H]2C(=O)NCCc2ccccc2)s1. The van der Waals surface area contributed by atoms with Crippen molar-refractivity contribution in [2.45, 2.75) is 25.9 Å². The number of thiophene rings is 1. The normalized spacial score (nSPS) is 17.0. The van der Waals surface area contributed by atoms with Crippen molar-refractivity contribution in [3.05, 3.63) is 57.8 Å². The molecule has 1 aliphatic heterocycles. The maximum atomic E-state index is 12.4. The van der Waals surface area contributed by atoms with Crippen molar-refractivity contribution in [1.29, 1.82) is 0 Å². The molecule has 0 saturated carbocycles. The van der Waals surface area contributed by atoms with Gasteiger partial charge in [0.2, 0.25) is 5.91 Å². The fraction of sp³-hybridized carbons (Fsp3) is 0.333. The first kappa shape index (κ1) is 16.5. The Bertz CT molecular complexity index is 714. The van der Waals surface area contributed by atoms with Crippen LogP contribution < -0.4 is 5.32 Å². The van der Waals surface area contributed by atoms with Gasteiger partial charge in [-0.15, -0.1) is 11.3 Å². The van der Waals surface area contributed by atoms with Crippen LogP contribution in [0.3, 0.4) is 0 Å². The molecule has 1 aliphatic rings. The van der Waals surface area contributed by atoms with E-state index in [9.17, 15) is 9.59 Å². The molecule has 6 heteroatoms. The Morgan fingerprint density at radius 3 is 2.79 bits per heavy atom. The minimum atomic E-state index is -0.560. The first-order chi connectivity index (χ1) is 11.6. The summed E-state index contributed by atoms with van der Waals surface area (Å²) in [6.07, 6.45) is 0.336. The van der Waals surface area contributed by atoms with Gasteiger partial charge in [0.1, 0.15) is 12.6 Å². The van der Waals surface area contributed by atoms with Crippen LogP contribution in [0.25, 0.3) is 0 Å². The van der Waals surface area contributed by atoms with Gasteiger partial charge in [0.05, 0.1) is 6.54 Å². The molecule has 0 bridgehead atoms. The van der Waals surface area contributed by atoms with Crippen molar-refractivity contribution in [2.24, 2.45) is 0 Å². The topological polar surface area (TPSA) is 58.6 Å². The number of ether oxygens (including phenoxy) is 1. The van der Waals surface area contributed by atoms with E-state index in [0.29, 0.717) is 13.1 Å². The molecule has 126 valence electrons. The van der Waals surface area contributed by atoms with Crippen LogP contribution in [0.1, 0.15) is 15.3 Å². The predicted molar refractivity (Wildman–Crippen MR) is 92.9 cm³/mol. The van der Waals surface area contributed by atoms with Crippen LogP contribution in [0.5, 0.6) is 0 Å². The molecule has 24 heavy (non-hydrogen) atoms. The number of amides is 2. The van der Waals surface area contributed by atoms with Crippen molar-refractivity contribution in [3.8, 4) is 0 Å². The second-order valence-corrected chi connectivity index (χ2v) is 7.13. The lowest BCUT2D eigenvalue weighted by atomic mass is 10.1. The van der Waals surface area contributed by atoms with E-state index in [1.165, 1.54) is 15.3 Å². The molecule has 1 atom stereocenters. The molecule has 1 aromatic carbocycles. The molecule has 0 spiro atoms. The third-order valence-electron chi connectivity index (χ3n) is 3.96. The number of carbonyl (C=O) groups excluding carboxylic acids is 2. The maximum Gasteiger partial charge on any atom is 0.410 e. The van der Waals surface area contributed by atoms with Crippen LogP contribution in [0, 0.1) is 6.92 Å². The van der Waals surface area contributed by atoms with E-state index in [4.69, 9.17) is 4.74 Å². The van der Waals surface area contributed by atoms with Gasteiger partial charge in [-0.1, -0.05) is 30.3 Å². The highest BCUT2D eigenvalue weighted by Crippen LogP contribution is 2.22. The third-order valence-corrected chi connectivity index (χ3v) is 4.94. The number of cyclic esters (lactones) is 1. The highest BCUT2D eigenvalue weighted by atomic mass is 32.1. The van der Waals surface area contributed by atoms with Gasteiger partial charge >= 0.3 is 6.09 Å². The van der Waals surface area contributed by atoms with Gasteiger partial charge in [-0.2, -0.15) is 0 Å². The standard InChI is InChI=1S/C18H20N2O3S/c1-13-7-8-15(24-13)11-20-16(12-23-18(20)22)17(21)19-10-9-14-5-3-2-4-6-14/h2-8,16H,9-12H2,1H3,(H,19,21)/t16-/m0/s1. The van der Waals surface area contributed by atoms with Gasteiger partial charge in [-0.3, -0.25) is 9.69 Å². The summed E-state index contributed by atoms with van der Waals surface area (Å²) in [6, 6.07) is 13.4. The summed E-state index contributed by atoms with van der Waals surface area (Å²) in [7, 11) is 0. The number of nitrogens with one attached hydrogen (secondary N) is 1. The number of aryl methyl sites for hydroxylation is 1. The van der Waals surface area contributed by atoms with Crippen LogP contribution >= 0.6 is 11.3 Å². The van der Waals surface area contributed by atoms with Gasteiger partial charge in [-0.25, -0.2) is 4.79 Å².